The van der Waals surface area contributed by atoms with E-state index >= 15 is 0 Å². The zero-order valence-corrected chi connectivity index (χ0v) is 18.7. The highest BCUT2D eigenvalue weighted by atomic mass is 35.5. The van der Waals surface area contributed by atoms with Gasteiger partial charge in [0.05, 0.1) is 16.3 Å². The average molecular weight is 457 g/mol. The Balaban J connectivity index is 1.52. The summed E-state index contributed by atoms with van der Waals surface area (Å²) in [6.45, 7) is 1.39. The molecule has 2 aromatic carbocycles. The van der Waals surface area contributed by atoms with E-state index in [1.807, 2.05) is 40.8 Å². The van der Waals surface area contributed by atoms with Gasteiger partial charge in [-0.3, -0.25) is 14.5 Å². The average Bonchev–Trinajstić information content (AvgIpc) is 3.41. The first-order valence-corrected chi connectivity index (χ1v) is 10.7. The summed E-state index contributed by atoms with van der Waals surface area (Å²) < 4.78 is 22.0. The van der Waals surface area contributed by atoms with Crippen LogP contribution in [0.2, 0.25) is 5.02 Å². The zero-order chi connectivity index (χ0) is 22.8. The second kappa shape index (κ2) is 9.40. The molecule has 1 N–H and O–H groups in total. The lowest BCUT2D eigenvalue weighted by Gasteiger charge is -2.24. The largest absolute Gasteiger partial charge is 0.359 e. The van der Waals surface area contributed by atoms with Crippen LogP contribution in [0, 0.1) is 12.2 Å². The van der Waals surface area contributed by atoms with Crippen molar-refractivity contribution in [3.63, 3.8) is 0 Å². The van der Waals surface area contributed by atoms with E-state index in [2.05, 4.69) is 11.7 Å². The number of halogens is 2. The van der Waals surface area contributed by atoms with Gasteiger partial charge >= 0.3 is 0 Å². The third-order valence-corrected chi connectivity index (χ3v) is 6.02. The predicted molar refractivity (Wildman–Crippen MR) is 122 cm³/mol. The minimum Gasteiger partial charge on any atom is -0.359 e. The topological polar surface area (TPSA) is 63.6 Å². The summed E-state index contributed by atoms with van der Waals surface area (Å²) in [5, 5.41) is 3.63. The molecule has 0 saturated carbocycles. The number of aromatic nitrogens is 1. The van der Waals surface area contributed by atoms with Gasteiger partial charge in [-0.2, -0.15) is 0 Å². The number of benzene rings is 2. The molecule has 0 unspecified atom stereocenters. The van der Waals surface area contributed by atoms with Crippen LogP contribution in [-0.4, -0.2) is 47.6 Å². The van der Waals surface area contributed by atoms with Gasteiger partial charge in [0, 0.05) is 50.8 Å². The number of hydrogen-bond donors (Lipinski definition) is 1. The first-order chi connectivity index (χ1) is 15.4. The second-order valence-electron chi connectivity index (χ2n) is 7.85. The van der Waals surface area contributed by atoms with Gasteiger partial charge in [0.15, 0.2) is 12.0 Å². The van der Waals surface area contributed by atoms with E-state index in [9.17, 15) is 14.0 Å². The van der Waals surface area contributed by atoms with Crippen LogP contribution in [0.5, 0.6) is 0 Å². The summed E-state index contributed by atoms with van der Waals surface area (Å²) >= 11 is 6.34. The minimum atomic E-state index is -0.724. The SMILES string of the molecule is CO[C@H](C(=O)Cc1cc(Cl)c(NC(=O)c2cn(C)c3ccccc23)cc1F)N1C[CH]CC1. The number of nitrogens with zero attached hydrogens (tertiary/aromatic N) is 2. The number of para-hydroxylation sites is 1. The van der Waals surface area contributed by atoms with Gasteiger partial charge in [-0.25, -0.2) is 4.39 Å². The number of aryl methyl sites for hydroxylation is 1. The molecule has 1 fully saturated rings. The molecule has 0 spiro atoms. The maximum absolute atomic E-state index is 14.8. The Morgan fingerprint density at radius 2 is 2.06 bits per heavy atom. The number of ketones is 1. The van der Waals surface area contributed by atoms with Crippen molar-refractivity contribution in [2.75, 3.05) is 25.5 Å². The third kappa shape index (κ3) is 4.41. The predicted octanol–water partition coefficient (Wildman–Crippen LogP) is 4.22. The van der Waals surface area contributed by atoms with Crippen molar-refractivity contribution in [1.82, 2.24) is 9.47 Å². The van der Waals surface area contributed by atoms with Gasteiger partial charge in [-0.05, 0) is 36.6 Å². The van der Waals surface area contributed by atoms with E-state index in [0.717, 1.165) is 29.9 Å². The molecular formula is C24H24ClFN3O3. The highest BCUT2D eigenvalue weighted by molar-refractivity contribution is 6.34. The number of methoxy groups -OCH3 is 1. The monoisotopic (exact) mass is 456 g/mol. The van der Waals surface area contributed by atoms with E-state index in [4.69, 9.17) is 16.3 Å². The van der Waals surface area contributed by atoms with Crippen molar-refractivity contribution < 1.29 is 18.7 Å². The first kappa shape index (κ1) is 22.5. The molecule has 1 aromatic heterocycles. The molecule has 0 bridgehead atoms. The Kier molecular flexibility index (Phi) is 6.60. The van der Waals surface area contributed by atoms with Crippen molar-refractivity contribution in [2.24, 2.45) is 7.05 Å². The number of likely N-dealkylation sites (tertiary alicyclic amines) is 1. The standard InChI is InChI=1S/C24H24ClFN3O3/c1-28-14-17(16-7-3-4-8-21(16)28)23(31)27-20-13-19(26)15(11-18(20)25)12-22(30)24(32-2)29-9-5-6-10-29/h3-5,7-8,11,13-14,24H,6,9-10,12H2,1-2H3,(H,27,31)/t24-/m1/s1. The van der Waals surface area contributed by atoms with Crippen molar-refractivity contribution >= 4 is 39.9 Å². The van der Waals surface area contributed by atoms with Crippen molar-refractivity contribution in [3.05, 3.63) is 71.0 Å². The van der Waals surface area contributed by atoms with E-state index in [0.29, 0.717) is 12.1 Å². The lowest BCUT2D eigenvalue weighted by atomic mass is 10.1. The van der Waals surface area contributed by atoms with Crippen LogP contribution in [0.3, 0.4) is 0 Å². The van der Waals surface area contributed by atoms with Gasteiger partial charge in [-0.15, -0.1) is 0 Å². The van der Waals surface area contributed by atoms with Crippen LogP contribution in [-0.2, 0) is 23.0 Å². The fourth-order valence-corrected chi connectivity index (χ4v) is 4.34. The molecule has 0 aliphatic carbocycles. The minimum absolute atomic E-state index is 0.149. The highest BCUT2D eigenvalue weighted by Crippen LogP contribution is 2.28. The van der Waals surface area contributed by atoms with Crippen molar-refractivity contribution in [2.45, 2.75) is 19.1 Å². The molecule has 3 aromatic rings. The van der Waals surface area contributed by atoms with Gasteiger partial charge in [-0.1, -0.05) is 29.8 Å². The zero-order valence-electron chi connectivity index (χ0n) is 17.9. The van der Waals surface area contributed by atoms with Crippen LogP contribution < -0.4 is 5.32 Å². The molecule has 1 saturated heterocycles. The number of ether oxygens (including phenoxy) is 1. The van der Waals surface area contributed by atoms with Crippen molar-refractivity contribution in [3.8, 4) is 0 Å². The molecule has 1 atom stereocenters. The molecule has 1 radical (unpaired) electrons. The van der Waals surface area contributed by atoms with Crippen LogP contribution >= 0.6 is 11.6 Å². The number of Topliss-reactive ketones (excluding diaryl/α,β-unsaturated/α-hetero) is 1. The Morgan fingerprint density at radius 3 is 2.78 bits per heavy atom. The van der Waals surface area contributed by atoms with E-state index in [1.54, 1.807) is 6.20 Å². The number of nitrogens with one attached hydrogen (secondary N) is 1. The molecular weight excluding hydrogens is 433 g/mol. The van der Waals surface area contributed by atoms with Gasteiger partial charge < -0.3 is 14.6 Å². The third-order valence-electron chi connectivity index (χ3n) is 5.70. The quantitative estimate of drug-likeness (QED) is 0.578. The van der Waals surface area contributed by atoms with Crippen LogP contribution in [0.25, 0.3) is 10.9 Å². The lowest BCUT2D eigenvalue weighted by Crippen LogP contribution is -2.41. The number of amides is 1. The van der Waals surface area contributed by atoms with Gasteiger partial charge in [0.2, 0.25) is 0 Å². The maximum atomic E-state index is 14.8. The number of anilines is 1. The van der Waals surface area contributed by atoms with E-state index in [1.165, 1.54) is 13.2 Å². The normalized spacial score (nSPS) is 15.2. The lowest BCUT2D eigenvalue weighted by molar-refractivity contribution is -0.138. The fourth-order valence-electron chi connectivity index (χ4n) is 4.11. The molecule has 32 heavy (non-hydrogen) atoms. The summed E-state index contributed by atoms with van der Waals surface area (Å²) in [6, 6.07) is 10.1. The fraction of sp³-hybridized carbons (Fsp3) is 0.292. The van der Waals surface area contributed by atoms with Crippen LogP contribution in [0.4, 0.5) is 10.1 Å². The summed E-state index contributed by atoms with van der Waals surface area (Å²) in [7, 11) is 3.32. The Morgan fingerprint density at radius 1 is 1.28 bits per heavy atom. The maximum Gasteiger partial charge on any atom is 0.257 e. The van der Waals surface area contributed by atoms with Gasteiger partial charge in [0.25, 0.3) is 5.91 Å². The Hall–Kier alpha value is -2.74. The second-order valence-corrected chi connectivity index (χ2v) is 8.26. The summed E-state index contributed by atoms with van der Waals surface area (Å²) in [5.41, 5.74) is 1.68. The van der Waals surface area contributed by atoms with E-state index in [-0.39, 0.29) is 28.5 Å². The molecule has 6 nitrogen and oxygen atoms in total. The Bertz CT molecular complexity index is 1170. The number of hydrogen-bond acceptors (Lipinski definition) is 4. The molecule has 8 heteroatoms. The van der Waals surface area contributed by atoms with E-state index < -0.39 is 18.0 Å². The number of carbonyl (C=O) groups excluding carboxylic acids is 2. The molecule has 167 valence electrons. The molecule has 1 aliphatic rings. The smallest absolute Gasteiger partial charge is 0.257 e. The van der Waals surface area contributed by atoms with Gasteiger partial charge in [0.1, 0.15) is 5.82 Å². The Labute approximate surface area is 190 Å². The van der Waals surface area contributed by atoms with Crippen LogP contribution in [0.1, 0.15) is 22.3 Å². The number of rotatable bonds is 7. The summed E-state index contributed by atoms with van der Waals surface area (Å²) in [6.07, 6.45) is 3.80. The highest BCUT2D eigenvalue weighted by Gasteiger charge is 2.28. The molecule has 1 aliphatic heterocycles. The molecule has 1 amide bonds. The van der Waals surface area contributed by atoms with Crippen LogP contribution in [0.15, 0.2) is 42.6 Å². The summed E-state index contributed by atoms with van der Waals surface area (Å²) in [5.74, 6) is -1.25. The summed E-state index contributed by atoms with van der Waals surface area (Å²) in [4.78, 5) is 27.5. The molecule has 2 heterocycles. The number of fused-ring (bicyclic) bond motifs is 1. The van der Waals surface area contributed by atoms with Crippen molar-refractivity contribution in [1.29, 1.82) is 0 Å². The number of carbonyl (C=O) groups is 2. The first-order valence-electron chi connectivity index (χ1n) is 10.3. The molecule has 4 rings (SSSR count).